The van der Waals surface area contributed by atoms with E-state index in [1.807, 2.05) is 6.92 Å². The van der Waals surface area contributed by atoms with Crippen LogP contribution in [0.4, 0.5) is 0 Å². The summed E-state index contributed by atoms with van der Waals surface area (Å²) in [5, 5.41) is 0. The van der Waals surface area contributed by atoms with Gasteiger partial charge in [0.05, 0.1) is 13.7 Å². The summed E-state index contributed by atoms with van der Waals surface area (Å²) in [6.45, 7) is 6.75. The largest absolute Gasteiger partial charge is 0.497 e. The topological polar surface area (TPSA) is 35.5 Å². The van der Waals surface area contributed by atoms with Crippen molar-refractivity contribution in [2.24, 2.45) is 5.92 Å². The molecule has 0 radical (unpaired) electrons. The Morgan fingerprint density at radius 3 is 2.37 bits per heavy atom. The molecule has 0 aliphatic rings. The van der Waals surface area contributed by atoms with Crippen molar-refractivity contribution in [2.75, 3.05) is 13.7 Å². The van der Waals surface area contributed by atoms with Gasteiger partial charge in [-0.25, -0.2) is 0 Å². The van der Waals surface area contributed by atoms with Crippen LogP contribution in [-0.2, 0) is 4.74 Å². The Hall–Kier alpha value is -1.35. The number of hydrogen-bond acceptors (Lipinski definition) is 3. The van der Waals surface area contributed by atoms with Crippen molar-refractivity contribution >= 4 is 5.78 Å². The van der Waals surface area contributed by atoms with Gasteiger partial charge in [0, 0.05) is 5.56 Å². The molecule has 0 aliphatic carbocycles. The lowest BCUT2D eigenvalue weighted by atomic mass is 10.1. The van der Waals surface area contributed by atoms with Gasteiger partial charge in [0.1, 0.15) is 11.9 Å². The van der Waals surface area contributed by atoms with E-state index in [9.17, 15) is 4.79 Å². The Morgan fingerprint density at radius 1 is 1.21 bits per heavy atom. The van der Waals surface area contributed by atoms with Gasteiger partial charge in [-0.05, 0) is 43.5 Å². The molecule has 19 heavy (non-hydrogen) atoms. The fourth-order valence-corrected chi connectivity index (χ4v) is 1.95. The Kier molecular flexibility index (Phi) is 6.57. The van der Waals surface area contributed by atoms with Gasteiger partial charge in [-0.1, -0.05) is 20.3 Å². The van der Waals surface area contributed by atoms with Crippen molar-refractivity contribution in [1.82, 2.24) is 0 Å². The van der Waals surface area contributed by atoms with E-state index in [-0.39, 0.29) is 5.78 Å². The molecule has 3 nitrogen and oxygen atoms in total. The fourth-order valence-electron chi connectivity index (χ4n) is 1.95. The Morgan fingerprint density at radius 2 is 1.84 bits per heavy atom. The molecule has 0 saturated heterocycles. The lowest BCUT2D eigenvalue weighted by molar-refractivity contribution is 0.0354. The average molecular weight is 264 g/mol. The van der Waals surface area contributed by atoms with Crippen LogP contribution in [0.5, 0.6) is 5.75 Å². The lowest BCUT2D eigenvalue weighted by Crippen LogP contribution is -2.23. The monoisotopic (exact) mass is 264 g/mol. The van der Waals surface area contributed by atoms with Crippen molar-refractivity contribution in [3.8, 4) is 5.75 Å². The van der Waals surface area contributed by atoms with Crippen LogP contribution in [0.15, 0.2) is 24.3 Å². The third-order valence-corrected chi connectivity index (χ3v) is 3.16. The van der Waals surface area contributed by atoms with Gasteiger partial charge in [0.25, 0.3) is 0 Å². The minimum atomic E-state index is -0.396. The molecule has 2 atom stereocenters. The third kappa shape index (κ3) is 5.03. The van der Waals surface area contributed by atoms with Crippen LogP contribution in [0.1, 0.15) is 44.0 Å². The zero-order valence-corrected chi connectivity index (χ0v) is 12.3. The molecular weight excluding hydrogens is 240 g/mol. The second-order valence-electron chi connectivity index (χ2n) is 4.96. The molecular formula is C16H24O3. The molecule has 1 aromatic carbocycles. The number of ketones is 1. The SMILES string of the molecule is CCCC(C)COC(C)C(=O)c1ccc(OC)cc1. The zero-order valence-electron chi connectivity index (χ0n) is 12.3. The molecule has 106 valence electrons. The summed E-state index contributed by atoms with van der Waals surface area (Å²) in [7, 11) is 1.61. The maximum atomic E-state index is 12.1. The first kappa shape index (κ1) is 15.7. The molecule has 0 spiro atoms. The summed E-state index contributed by atoms with van der Waals surface area (Å²) in [6.07, 6.45) is 1.88. The first-order valence-electron chi connectivity index (χ1n) is 6.88. The number of ether oxygens (including phenoxy) is 2. The minimum absolute atomic E-state index is 0.0198. The van der Waals surface area contributed by atoms with Gasteiger partial charge in [-0.3, -0.25) is 4.79 Å². The molecule has 0 aromatic heterocycles. The molecule has 0 aliphatic heterocycles. The van der Waals surface area contributed by atoms with Crippen LogP contribution in [0, 0.1) is 5.92 Å². The molecule has 2 unspecified atom stereocenters. The quantitative estimate of drug-likeness (QED) is 0.671. The predicted molar refractivity (Wildman–Crippen MR) is 76.8 cm³/mol. The molecule has 1 rings (SSSR count). The molecule has 0 bridgehead atoms. The summed E-state index contributed by atoms with van der Waals surface area (Å²) >= 11 is 0. The van der Waals surface area contributed by atoms with E-state index in [0.717, 1.165) is 18.6 Å². The van der Waals surface area contributed by atoms with E-state index in [1.54, 1.807) is 31.4 Å². The van der Waals surface area contributed by atoms with E-state index in [2.05, 4.69) is 13.8 Å². The van der Waals surface area contributed by atoms with E-state index in [0.29, 0.717) is 18.1 Å². The van der Waals surface area contributed by atoms with E-state index in [1.165, 1.54) is 0 Å². The summed E-state index contributed by atoms with van der Waals surface area (Å²) in [5.41, 5.74) is 0.663. The van der Waals surface area contributed by atoms with E-state index >= 15 is 0 Å². The van der Waals surface area contributed by atoms with Gasteiger partial charge in [-0.15, -0.1) is 0 Å². The smallest absolute Gasteiger partial charge is 0.191 e. The highest BCUT2D eigenvalue weighted by Gasteiger charge is 2.16. The predicted octanol–water partition coefficient (Wildman–Crippen LogP) is 3.72. The number of Topliss-reactive ketones (excluding diaryl/α,β-unsaturated/α-hetero) is 1. The number of rotatable bonds is 8. The molecule has 0 heterocycles. The van der Waals surface area contributed by atoms with Gasteiger partial charge in [-0.2, -0.15) is 0 Å². The van der Waals surface area contributed by atoms with Crippen LogP contribution in [0.3, 0.4) is 0 Å². The molecule has 0 amide bonds. The molecule has 1 aromatic rings. The Balaban J connectivity index is 2.51. The Bertz CT molecular complexity index is 383. The van der Waals surface area contributed by atoms with Crippen molar-refractivity contribution in [3.63, 3.8) is 0 Å². The zero-order chi connectivity index (χ0) is 14.3. The van der Waals surface area contributed by atoms with Crippen LogP contribution in [0.2, 0.25) is 0 Å². The molecule has 0 fully saturated rings. The minimum Gasteiger partial charge on any atom is -0.497 e. The van der Waals surface area contributed by atoms with Gasteiger partial charge in [0.15, 0.2) is 5.78 Å². The highest BCUT2D eigenvalue weighted by atomic mass is 16.5. The summed E-state index contributed by atoms with van der Waals surface area (Å²) in [6, 6.07) is 7.13. The lowest BCUT2D eigenvalue weighted by Gasteiger charge is -2.16. The van der Waals surface area contributed by atoms with E-state index < -0.39 is 6.10 Å². The second-order valence-corrected chi connectivity index (χ2v) is 4.96. The van der Waals surface area contributed by atoms with E-state index in [4.69, 9.17) is 9.47 Å². The highest BCUT2D eigenvalue weighted by molar-refractivity contribution is 5.99. The summed E-state index contributed by atoms with van der Waals surface area (Å²) < 4.78 is 10.7. The molecule has 3 heteroatoms. The fraction of sp³-hybridized carbons (Fsp3) is 0.562. The summed E-state index contributed by atoms with van der Waals surface area (Å²) in [5.74, 6) is 1.27. The van der Waals surface area contributed by atoms with Crippen molar-refractivity contribution in [3.05, 3.63) is 29.8 Å². The molecule has 0 saturated carbocycles. The van der Waals surface area contributed by atoms with Crippen molar-refractivity contribution in [2.45, 2.75) is 39.7 Å². The maximum absolute atomic E-state index is 12.1. The first-order chi connectivity index (χ1) is 9.08. The van der Waals surface area contributed by atoms with Crippen LogP contribution in [0.25, 0.3) is 0 Å². The maximum Gasteiger partial charge on any atom is 0.191 e. The van der Waals surface area contributed by atoms with Gasteiger partial charge >= 0.3 is 0 Å². The second kappa shape index (κ2) is 7.95. The standard InChI is InChI=1S/C16H24O3/c1-5-6-12(2)11-19-13(3)16(17)14-7-9-15(18-4)10-8-14/h7-10,12-13H,5-6,11H2,1-4H3. The van der Waals surface area contributed by atoms with Gasteiger partial charge in [0.2, 0.25) is 0 Å². The highest BCUT2D eigenvalue weighted by Crippen LogP contribution is 2.14. The van der Waals surface area contributed by atoms with Gasteiger partial charge < -0.3 is 9.47 Å². The number of benzene rings is 1. The number of hydrogen-bond donors (Lipinski definition) is 0. The average Bonchev–Trinajstić information content (AvgIpc) is 2.44. The Labute approximate surface area is 115 Å². The first-order valence-corrected chi connectivity index (χ1v) is 6.88. The van der Waals surface area contributed by atoms with Crippen LogP contribution < -0.4 is 4.74 Å². The number of carbonyl (C=O) groups excluding carboxylic acids is 1. The molecule has 0 N–H and O–H groups in total. The number of methoxy groups -OCH3 is 1. The number of carbonyl (C=O) groups is 1. The van der Waals surface area contributed by atoms with Crippen molar-refractivity contribution in [1.29, 1.82) is 0 Å². The van der Waals surface area contributed by atoms with Crippen LogP contribution in [-0.4, -0.2) is 25.6 Å². The van der Waals surface area contributed by atoms with Crippen LogP contribution >= 0.6 is 0 Å². The third-order valence-electron chi connectivity index (χ3n) is 3.16. The van der Waals surface area contributed by atoms with Crippen molar-refractivity contribution < 1.29 is 14.3 Å². The normalized spacial score (nSPS) is 13.9. The summed E-state index contributed by atoms with van der Waals surface area (Å²) in [4.78, 5) is 12.1.